The third-order valence-electron chi connectivity index (χ3n) is 2.26. The molecule has 0 atom stereocenters. The Morgan fingerprint density at radius 3 is 2.18 bits per heavy atom. The van der Waals surface area contributed by atoms with Gasteiger partial charge in [-0.1, -0.05) is 38.3 Å². The van der Waals surface area contributed by atoms with E-state index >= 15 is 0 Å². The van der Waals surface area contributed by atoms with Crippen LogP contribution in [0.15, 0.2) is 12.2 Å². The lowest BCUT2D eigenvalue weighted by atomic mass is 10.1. The highest BCUT2D eigenvalue weighted by Gasteiger charge is 2.19. The largest absolute Gasteiger partial charge is 0.393 e. The Bertz CT molecular complexity index is 232. The molecule has 0 aromatic rings. The Morgan fingerprint density at radius 2 is 1.76 bits per heavy atom. The number of carbonyl (C=O) groups excluding carboxylic acids is 2. The molecule has 1 saturated heterocycles. The van der Waals surface area contributed by atoms with Gasteiger partial charge in [0.05, 0.1) is 19.4 Å². The molecule has 0 unspecified atom stereocenters. The molecular weight excluding hydrogens is 220 g/mol. The van der Waals surface area contributed by atoms with Crippen LogP contribution in [0.3, 0.4) is 0 Å². The van der Waals surface area contributed by atoms with E-state index in [4.69, 9.17) is 5.11 Å². The molecule has 1 rings (SSSR count). The number of rotatable bonds is 6. The normalized spacial score (nSPS) is 14.7. The van der Waals surface area contributed by atoms with Gasteiger partial charge in [-0.15, -0.1) is 0 Å². The summed E-state index contributed by atoms with van der Waals surface area (Å²) in [5, 5.41) is 8.38. The lowest BCUT2D eigenvalue weighted by Gasteiger charge is -1.92. The Kier molecular flexibility index (Phi) is 10.6. The molecule has 4 nitrogen and oxygen atoms in total. The molecule has 17 heavy (non-hydrogen) atoms. The monoisotopic (exact) mass is 242 g/mol. The average Bonchev–Trinajstić information content (AvgIpc) is 2.68. The zero-order valence-electron chi connectivity index (χ0n) is 10.5. The number of hydrogen-bond donors (Lipinski definition) is 1. The molecule has 0 aliphatic carbocycles. The van der Waals surface area contributed by atoms with Crippen LogP contribution in [-0.4, -0.2) is 23.7 Å². The number of carbonyl (C=O) groups is 2. The second-order valence-corrected chi connectivity index (χ2v) is 3.85. The number of allylic oxidation sites excluding steroid dienone is 1. The standard InChI is InChI=1S/C9H18O.C4H4O3/c1-2-3-4-5-6-7-8-9-10;5-3-1-2-4(6)7-3/h7-8,10H,2-6,9H2,1H3;1-2H2. The van der Waals surface area contributed by atoms with Crippen LogP contribution in [0.1, 0.15) is 51.9 Å². The van der Waals surface area contributed by atoms with Crippen molar-refractivity contribution in [3.05, 3.63) is 12.2 Å². The van der Waals surface area contributed by atoms with E-state index in [1.165, 1.54) is 25.7 Å². The highest BCUT2D eigenvalue weighted by Crippen LogP contribution is 2.04. The molecule has 0 aromatic carbocycles. The smallest absolute Gasteiger partial charge is 0.314 e. The molecule has 98 valence electrons. The van der Waals surface area contributed by atoms with Crippen LogP contribution in [0.5, 0.6) is 0 Å². The summed E-state index contributed by atoms with van der Waals surface area (Å²) < 4.78 is 4.08. The van der Waals surface area contributed by atoms with Crippen LogP contribution in [-0.2, 0) is 14.3 Å². The number of aliphatic hydroxyl groups excluding tert-OH is 1. The predicted octanol–water partition coefficient (Wildman–Crippen LogP) is 2.36. The zero-order valence-corrected chi connectivity index (χ0v) is 10.5. The van der Waals surface area contributed by atoms with E-state index in [9.17, 15) is 9.59 Å². The van der Waals surface area contributed by atoms with E-state index in [2.05, 4.69) is 17.7 Å². The van der Waals surface area contributed by atoms with Crippen molar-refractivity contribution < 1.29 is 19.4 Å². The van der Waals surface area contributed by atoms with E-state index in [-0.39, 0.29) is 19.4 Å². The molecule has 1 N–H and O–H groups in total. The van der Waals surface area contributed by atoms with E-state index in [1.807, 2.05) is 6.08 Å². The minimum atomic E-state index is -0.398. The maximum atomic E-state index is 10.0. The van der Waals surface area contributed by atoms with Crippen LogP contribution in [0.4, 0.5) is 0 Å². The topological polar surface area (TPSA) is 63.6 Å². The van der Waals surface area contributed by atoms with Gasteiger partial charge in [0.15, 0.2) is 0 Å². The maximum Gasteiger partial charge on any atom is 0.314 e. The predicted molar refractivity (Wildman–Crippen MR) is 65.3 cm³/mol. The first-order valence-electron chi connectivity index (χ1n) is 6.20. The first-order valence-corrected chi connectivity index (χ1v) is 6.20. The maximum absolute atomic E-state index is 10.0. The first-order chi connectivity index (χ1) is 8.20. The molecule has 1 aliphatic heterocycles. The quantitative estimate of drug-likeness (QED) is 0.336. The summed E-state index contributed by atoms with van der Waals surface area (Å²) in [4.78, 5) is 20.0. The fraction of sp³-hybridized carbons (Fsp3) is 0.692. The first kappa shape index (κ1) is 15.8. The molecule has 0 bridgehead atoms. The summed E-state index contributed by atoms with van der Waals surface area (Å²) in [5.74, 6) is -0.796. The van der Waals surface area contributed by atoms with Gasteiger partial charge in [0.1, 0.15) is 0 Å². The van der Waals surface area contributed by atoms with Crippen molar-refractivity contribution in [3.8, 4) is 0 Å². The highest BCUT2D eigenvalue weighted by atomic mass is 16.6. The van der Waals surface area contributed by atoms with Crippen LogP contribution in [0.25, 0.3) is 0 Å². The number of unbranched alkanes of at least 4 members (excludes halogenated alkanes) is 4. The zero-order chi connectivity index (χ0) is 12.9. The molecule has 0 radical (unpaired) electrons. The van der Waals surface area contributed by atoms with Crippen LogP contribution in [0.2, 0.25) is 0 Å². The van der Waals surface area contributed by atoms with Crippen molar-refractivity contribution in [2.75, 3.05) is 6.61 Å². The van der Waals surface area contributed by atoms with Crippen molar-refractivity contribution in [2.24, 2.45) is 0 Å². The minimum Gasteiger partial charge on any atom is -0.393 e. The van der Waals surface area contributed by atoms with E-state index < -0.39 is 11.9 Å². The molecule has 4 heteroatoms. The molecular formula is C13H22O4. The number of cyclic esters (lactones) is 2. The summed E-state index contributed by atoms with van der Waals surface area (Å²) in [6.45, 7) is 2.40. The summed E-state index contributed by atoms with van der Waals surface area (Å²) in [6.07, 6.45) is 10.7. The highest BCUT2D eigenvalue weighted by molar-refractivity contribution is 5.92. The number of esters is 2. The average molecular weight is 242 g/mol. The van der Waals surface area contributed by atoms with Crippen molar-refractivity contribution in [3.63, 3.8) is 0 Å². The third-order valence-corrected chi connectivity index (χ3v) is 2.26. The lowest BCUT2D eigenvalue weighted by molar-refractivity contribution is -0.151. The van der Waals surface area contributed by atoms with Gasteiger partial charge in [-0.05, 0) is 12.8 Å². The summed E-state index contributed by atoms with van der Waals surface area (Å²) in [5.41, 5.74) is 0. The Hall–Kier alpha value is -1.16. The molecule has 1 heterocycles. The van der Waals surface area contributed by atoms with Gasteiger partial charge in [-0.3, -0.25) is 9.59 Å². The minimum absolute atomic E-state index is 0.188. The lowest BCUT2D eigenvalue weighted by Crippen LogP contribution is -1.94. The molecule has 1 aliphatic rings. The third kappa shape index (κ3) is 11.1. The van der Waals surface area contributed by atoms with Crippen molar-refractivity contribution in [1.82, 2.24) is 0 Å². The second kappa shape index (κ2) is 11.3. The van der Waals surface area contributed by atoms with Crippen LogP contribution < -0.4 is 0 Å². The number of aliphatic hydroxyl groups is 1. The molecule has 0 amide bonds. The van der Waals surface area contributed by atoms with Crippen LogP contribution >= 0.6 is 0 Å². The molecule has 0 spiro atoms. The Labute approximate surface area is 103 Å². The van der Waals surface area contributed by atoms with Crippen LogP contribution in [0, 0.1) is 0 Å². The van der Waals surface area contributed by atoms with Crippen molar-refractivity contribution in [1.29, 1.82) is 0 Å². The fourth-order valence-electron chi connectivity index (χ4n) is 1.31. The number of hydrogen-bond acceptors (Lipinski definition) is 4. The Morgan fingerprint density at radius 1 is 1.12 bits per heavy atom. The second-order valence-electron chi connectivity index (χ2n) is 3.85. The van der Waals surface area contributed by atoms with E-state index in [1.54, 1.807) is 0 Å². The summed E-state index contributed by atoms with van der Waals surface area (Å²) in [7, 11) is 0. The van der Waals surface area contributed by atoms with Crippen molar-refractivity contribution >= 4 is 11.9 Å². The van der Waals surface area contributed by atoms with Gasteiger partial charge < -0.3 is 9.84 Å². The van der Waals surface area contributed by atoms with Gasteiger partial charge in [-0.25, -0.2) is 0 Å². The van der Waals surface area contributed by atoms with Gasteiger partial charge in [0.2, 0.25) is 0 Å². The molecule has 0 aromatic heterocycles. The van der Waals surface area contributed by atoms with Gasteiger partial charge in [0.25, 0.3) is 0 Å². The van der Waals surface area contributed by atoms with E-state index in [0.717, 1.165) is 6.42 Å². The molecule has 1 fully saturated rings. The summed E-state index contributed by atoms with van der Waals surface area (Å²) >= 11 is 0. The fourth-order valence-corrected chi connectivity index (χ4v) is 1.31. The molecule has 0 saturated carbocycles. The SMILES string of the molecule is CCCCCCC=CCO.O=C1CCC(=O)O1. The summed E-state index contributed by atoms with van der Waals surface area (Å²) in [6, 6.07) is 0. The van der Waals surface area contributed by atoms with Gasteiger partial charge in [0, 0.05) is 0 Å². The van der Waals surface area contributed by atoms with Gasteiger partial charge >= 0.3 is 11.9 Å². The van der Waals surface area contributed by atoms with Gasteiger partial charge in [-0.2, -0.15) is 0 Å². The van der Waals surface area contributed by atoms with E-state index in [0.29, 0.717) is 0 Å². The number of ether oxygens (including phenoxy) is 1. The Balaban J connectivity index is 0.000000318. The van der Waals surface area contributed by atoms with Crippen molar-refractivity contribution in [2.45, 2.75) is 51.9 Å².